The molecule has 1 N–H and O–H groups in total. The van der Waals surface area contributed by atoms with E-state index in [0.29, 0.717) is 19.6 Å². The van der Waals surface area contributed by atoms with E-state index in [1.807, 2.05) is 30.0 Å². The smallest absolute Gasteiger partial charge is 0.237 e. The molecule has 2 saturated heterocycles. The van der Waals surface area contributed by atoms with Gasteiger partial charge in [0.2, 0.25) is 11.8 Å². The van der Waals surface area contributed by atoms with Crippen LogP contribution in [-0.2, 0) is 16.1 Å². The lowest BCUT2D eigenvalue weighted by molar-refractivity contribution is -0.139. The molecule has 2 fully saturated rings. The first-order valence-corrected chi connectivity index (χ1v) is 10.1. The van der Waals surface area contributed by atoms with Gasteiger partial charge in [0, 0.05) is 45.5 Å². The minimum absolute atomic E-state index is 0.0545. The van der Waals surface area contributed by atoms with E-state index < -0.39 is 6.04 Å². The number of pyridine rings is 1. The number of amides is 2. The van der Waals surface area contributed by atoms with Crippen LogP contribution in [0.15, 0.2) is 24.4 Å². The fraction of sp³-hybridized carbons (Fsp3) is 0.650. The summed E-state index contributed by atoms with van der Waals surface area (Å²) in [6, 6.07) is 5.37. The number of likely N-dealkylation sites (N-methyl/N-ethyl adjacent to an activating group) is 1. The first-order chi connectivity index (χ1) is 13.2. The maximum absolute atomic E-state index is 12.9. The van der Waals surface area contributed by atoms with Gasteiger partial charge in [0.15, 0.2) is 0 Å². The van der Waals surface area contributed by atoms with E-state index >= 15 is 0 Å². The van der Waals surface area contributed by atoms with Crippen molar-refractivity contribution in [2.45, 2.75) is 38.8 Å². The summed E-state index contributed by atoms with van der Waals surface area (Å²) in [6.07, 6.45) is 4.50. The van der Waals surface area contributed by atoms with Crippen molar-refractivity contribution in [2.75, 3.05) is 45.8 Å². The van der Waals surface area contributed by atoms with Crippen LogP contribution in [0, 0.1) is 0 Å². The standard InChI is InChI=1S/C20H31N5O2/c1-2-24(14-13-23-10-5-6-11-23)19(26)15-18-20(27)22-9-12-25(18)16-17-7-3-4-8-21-17/h3-4,7-8,18H,2,5-6,9-16H2,1H3,(H,22,27). The summed E-state index contributed by atoms with van der Waals surface area (Å²) in [4.78, 5) is 36.1. The molecule has 7 nitrogen and oxygen atoms in total. The highest BCUT2D eigenvalue weighted by atomic mass is 16.2. The summed E-state index contributed by atoms with van der Waals surface area (Å²) in [7, 11) is 0. The van der Waals surface area contributed by atoms with E-state index in [9.17, 15) is 9.59 Å². The molecule has 0 spiro atoms. The van der Waals surface area contributed by atoms with Gasteiger partial charge in [0.05, 0.1) is 18.2 Å². The van der Waals surface area contributed by atoms with Gasteiger partial charge < -0.3 is 15.1 Å². The van der Waals surface area contributed by atoms with Crippen molar-refractivity contribution in [1.29, 1.82) is 0 Å². The Hall–Kier alpha value is -1.99. The summed E-state index contributed by atoms with van der Waals surface area (Å²) in [5.74, 6) is 0.00546. The van der Waals surface area contributed by atoms with E-state index in [-0.39, 0.29) is 18.2 Å². The Morgan fingerprint density at radius 1 is 1.30 bits per heavy atom. The molecule has 0 saturated carbocycles. The lowest BCUT2D eigenvalue weighted by Gasteiger charge is -2.35. The number of nitrogens with zero attached hydrogens (tertiary/aromatic N) is 4. The van der Waals surface area contributed by atoms with Crippen molar-refractivity contribution in [1.82, 2.24) is 25.0 Å². The monoisotopic (exact) mass is 373 g/mol. The van der Waals surface area contributed by atoms with Crippen LogP contribution in [0.25, 0.3) is 0 Å². The van der Waals surface area contributed by atoms with Crippen LogP contribution >= 0.6 is 0 Å². The molecular weight excluding hydrogens is 342 g/mol. The number of rotatable bonds is 8. The van der Waals surface area contributed by atoms with Gasteiger partial charge in [-0.05, 0) is 45.0 Å². The summed E-state index contributed by atoms with van der Waals surface area (Å²) >= 11 is 0. The van der Waals surface area contributed by atoms with Crippen LogP contribution in [0.3, 0.4) is 0 Å². The number of hydrogen-bond acceptors (Lipinski definition) is 5. The molecule has 148 valence electrons. The number of likely N-dealkylation sites (tertiary alicyclic amines) is 1. The molecule has 0 bridgehead atoms. The normalized spacial score (nSPS) is 21.2. The van der Waals surface area contributed by atoms with Gasteiger partial charge in [-0.25, -0.2) is 0 Å². The van der Waals surface area contributed by atoms with Gasteiger partial charge in [-0.2, -0.15) is 0 Å². The molecule has 27 heavy (non-hydrogen) atoms. The van der Waals surface area contributed by atoms with Gasteiger partial charge in [-0.3, -0.25) is 19.5 Å². The molecule has 7 heteroatoms. The third kappa shape index (κ3) is 5.49. The van der Waals surface area contributed by atoms with E-state index in [1.54, 1.807) is 6.20 Å². The zero-order valence-corrected chi connectivity index (χ0v) is 16.3. The molecule has 2 aliphatic rings. The van der Waals surface area contributed by atoms with Gasteiger partial charge in [0.25, 0.3) is 0 Å². The quantitative estimate of drug-likeness (QED) is 0.727. The highest BCUT2D eigenvalue weighted by Gasteiger charge is 2.33. The van der Waals surface area contributed by atoms with Gasteiger partial charge in [-0.15, -0.1) is 0 Å². The van der Waals surface area contributed by atoms with Crippen LogP contribution in [0.5, 0.6) is 0 Å². The van der Waals surface area contributed by atoms with Gasteiger partial charge >= 0.3 is 0 Å². The third-order valence-electron chi connectivity index (χ3n) is 5.52. The topological polar surface area (TPSA) is 68.8 Å². The lowest BCUT2D eigenvalue weighted by Crippen LogP contribution is -2.56. The summed E-state index contributed by atoms with van der Waals surface area (Å²) in [6.45, 7) is 8.56. The van der Waals surface area contributed by atoms with Crippen molar-refractivity contribution < 1.29 is 9.59 Å². The number of hydrogen-bond donors (Lipinski definition) is 1. The van der Waals surface area contributed by atoms with Crippen molar-refractivity contribution in [3.8, 4) is 0 Å². The molecule has 3 rings (SSSR count). The molecule has 1 aromatic rings. The number of piperazine rings is 1. The minimum Gasteiger partial charge on any atom is -0.353 e. The van der Waals surface area contributed by atoms with Crippen molar-refractivity contribution in [3.63, 3.8) is 0 Å². The second-order valence-electron chi connectivity index (χ2n) is 7.32. The van der Waals surface area contributed by atoms with E-state index in [2.05, 4.69) is 20.1 Å². The Morgan fingerprint density at radius 2 is 2.11 bits per heavy atom. The first kappa shape index (κ1) is 19.8. The van der Waals surface area contributed by atoms with Crippen LogP contribution in [0.2, 0.25) is 0 Å². The molecule has 0 aliphatic carbocycles. The second kappa shape index (κ2) is 9.80. The lowest BCUT2D eigenvalue weighted by atomic mass is 10.1. The maximum atomic E-state index is 12.9. The molecule has 1 aromatic heterocycles. The highest BCUT2D eigenvalue weighted by Crippen LogP contribution is 2.14. The summed E-state index contributed by atoms with van der Waals surface area (Å²) < 4.78 is 0. The Bertz CT molecular complexity index is 618. The molecule has 1 unspecified atom stereocenters. The zero-order chi connectivity index (χ0) is 19.1. The van der Waals surface area contributed by atoms with E-state index in [0.717, 1.165) is 38.4 Å². The van der Waals surface area contributed by atoms with Gasteiger partial charge in [-0.1, -0.05) is 6.07 Å². The van der Waals surface area contributed by atoms with Crippen LogP contribution < -0.4 is 5.32 Å². The average Bonchev–Trinajstić information content (AvgIpc) is 3.19. The van der Waals surface area contributed by atoms with Crippen LogP contribution in [-0.4, -0.2) is 83.4 Å². The third-order valence-corrected chi connectivity index (χ3v) is 5.52. The summed E-state index contributed by atoms with van der Waals surface area (Å²) in [5, 5.41) is 2.91. The van der Waals surface area contributed by atoms with Crippen LogP contribution in [0.1, 0.15) is 31.9 Å². The molecular formula is C20H31N5O2. The second-order valence-corrected chi connectivity index (χ2v) is 7.32. The zero-order valence-electron chi connectivity index (χ0n) is 16.3. The molecule has 1 atom stereocenters. The summed E-state index contributed by atoms with van der Waals surface area (Å²) in [5.41, 5.74) is 0.922. The average molecular weight is 374 g/mol. The Labute approximate surface area is 161 Å². The fourth-order valence-corrected chi connectivity index (χ4v) is 3.89. The fourth-order valence-electron chi connectivity index (χ4n) is 3.89. The SMILES string of the molecule is CCN(CCN1CCCC1)C(=O)CC1C(=O)NCCN1Cc1ccccn1. The highest BCUT2D eigenvalue weighted by molar-refractivity contribution is 5.88. The predicted octanol–water partition coefficient (Wildman–Crippen LogP) is 0.716. The molecule has 3 heterocycles. The van der Waals surface area contributed by atoms with Gasteiger partial charge in [0.1, 0.15) is 0 Å². The molecule has 2 amide bonds. The van der Waals surface area contributed by atoms with E-state index in [4.69, 9.17) is 0 Å². The van der Waals surface area contributed by atoms with E-state index in [1.165, 1.54) is 12.8 Å². The Morgan fingerprint density at radius 3 is 2.81 bits per heavy atom. The number of nitrogens with one attached hydrogen (secondary N) is 1. The number of aromatic nitrogens is 1. The first-order valence-electron chi connectivity index (χ1n) is 10.1. The van der Waals surface area contributed by atoms with Crippen molar-refractivity contribution >= 4 is 11.8 Å². The Balaban J connectivity index is 1.58. The Kier molecular flexibility index (Phi) is 7.18. The van der Waals surface area contributed by atoms with Crippen molar-refractivity contribution in [2.24, 2.45) is 0 Å². The van der Waals surface area contributed by atoms with Crippen LogP contribution in [0.4, 0.5) is 0 Å². The predicted molar refractivity (Wildman–Crippen MR) is 104 cm³/mol. The molecule has 0 radical (unpaired) electrons. The number of carbonyl (C=O) groups is 2. The minimum atomic E-state index is -0.422. The number of carbonyl (C=O) groups excluding carboxylic acids is 2. The molecule has 0 aromatic carbocycles. The molecule has 2 aliphatic heterocycles. The van der Waals surface area contributed by atoms with Crippen molar-refractivity contribution in [3.05, 3.63) is 30.1 Å². The maximum Gasteiger partial charge on any atom is 0.237 e. The largest absolute Gasteiger partial charge is 0.353 e.